The predicted molar refractivity (Wildman–Crippen MR) is 79.1 cm³/mol. The minimum atomic E-state index is -0.963. The first kappa shape index (κ1) is 14.4. The van der Waals surface area contributed by atoms with E-state index in [1.54, 1.807) is 0 Å². The molecule has 14 heavy (non-hydrogen) atoms. The summed E-state index contributed by atoms with van der Waals surface area (Å²) >= 11 is 2.43. The molecule has 0 aliphatic heterocycles. The van der Waals surface area contributed by atoms with Crippen molar-refractivity contribution < 1.29 is 0 Å². The average molecular weight is 322 g/mol. The van der Waals surface area contributed by atoms with Crippen molar-refractivity contribution in [1.82, 2.24) is 0 Å². The second-order valence-corrected chi connectivity index (χ2v) is 11.8. The first-order valence-corrected chi connectivity index (χ1v) is 10.5. The second kappa shape index (κ2) is 6.83. The van der Waals surface area contributed by atoms with Gasteiger partial charge in [-0.2, -0.15) is 0 Å². The quantitative estimate of drug-likeness (QED) is 0.282. The van der Waals surface area contributed by atoms with Crippen LogP contribution in [-0.4, -0.2) is 12.5 Å². The van der Waals surface area contributed by atoms with E-state index < -0.39 is 8.07 Å². The smallest absolute Gasteiger partial charge is 0.0486 e. The maximum atomic E-state index is 4.12. The Hall–Kier alpha value is 0.427. The van der Waals surface area contributed by atoms with Gasteiger partial charge in [0, 0.05) is 12.5 Å². The zero-order chi connectivity index (χ0) is 11.2. The van der Waals surface area contributed by atoms with Crippen molar-refractivity contribution in [2.75, 3.05) is 4.43 Å². The summed E-state index contributed by atoms with van der Waals surface area (Å²) in [6.07, 6.45) is 5.81. The van der Waals surface area contributed by atoms with Gasteiger partial charge in [0.2, 0.25) is 0 Å². The molecule has 0 saturated heterocycles. The highest BCUT2D eigenvalue weighted by molar-refractivity contribution is 14.1. The molecule has 82 valence electrons. The van der Waals surface area contributed by atoms with E-state index in [1.807, 2.05) is 0 Å². The van der Waals surface area contributed by atoms with Crippen LogP contribution in [-0.2, 0) is 0 Å². The number of hydrogen-bond acceptors (Lipinski definition) is 0. The molecule has 0 radical (unpaired) electrons. The molecule has 0 heterocycles. The Balaban J connectivity index is 3.93. The molecular formula is C12H23ISi. The van der Waals surface area contributed by atoms with Gasteiger partial charge in [-0.3, -0.25) is 0 Å². The van der Waals surface area contributed by atoms with Gasteiger partial charge in [0.15, 0.2) is 0 Å². The Morgan fingerprint density at radius 2 is 2.00 bits per heavy atom. The van der Waals surface area contributed by atoms with Crippen molar-refractivity contribution in [2.24, 2.45) is 5.92 Å². The third kappa shape index (κ3) is 9.00. The van der Waals surface area contributed by atoms with Gasteiger partial charge in [-0.15, -0.1) is 0 Å². The summed E-state index contributed by atoms with van der Waals surface area (Å²) in [5, 5.41) is 0. The van der Waals surface area contributed by atoms with E-state index in [0.29, 0.717) is 5.92 Å². The zero-order valence-corrected chi connectivity index (χ0v) is 13.1. The molecule has 0 aromatic carbocycles. The molecule has 0 unspecified atom stereocenters. The Labute approximate surface area is 104 Å². The lowest BCUT2D eigenvalue weighted by atomic mass is 10.1. The van der Waals surface area contributed by atoms with E-state index in [-0.39, 0.29) is 0 Å². The van der Waals surface area contributed by atoms with Crippen molar-refractivity contribution in [3.05, 3.63) is 24.3 Å². The Kier molecular flexibility index (Phi) is 7.04. The van der Waals surface area contributed by atoms with Gasteiger partial charge in [-0.1, -0.05) is 73.5 Å². The predicted octanol–water partition coefficient (Wildman–Crippen LogP) is 4.90. The van der Waals surface area contributed by atoms with E-state index in [2.05, 4.69) is 67.9 Å². The van der Waals surface area contributed by atoms with Gasteiger partial charge in [-0.25, -0.2) is 0 Å². The van der Waals surface area contributed by atoms with Gasteiger partial charge in [-0.05, 0) is 18.4 Å². The third-order valence-corrected chi connectivity index (χ3v) is 4.12. The summed E-state index contributed by atoms with van der Waals surface area (Å²) in [5.41, 5.74) is 1.31. The molecule has 0 aliphatic rings. The molecule has 0 aromatic rings. The number of allylic oxidation sites excluding steroid dienone is 3. The zero-order valence-electron chi connectivity index (χ0n) is 9.94. The fraction of sp³-hybridized carbons (Fsp3) is 0.667. The largest absolute Gasteiger partial charge is 0.0961 e. The average Bonchev–Trinajstić information content (AvgIpc) is 1.98. The minimum Gasteiger partial charge on any atom is -0.0961 e. The van der Waals surface area contributed by atoms with Gasteiger partial charge >= 0.3 is 0 Å². The first-order chi connectivity index (χ1) is 6.35. The monoisotopic (exact) mass is 322 g/mol. The minimum absolute atomic E-state index is 0.699. The molecule has 0 aromatic heterocycles. The lowest BCUT2D eigenvalue weighted by molar-refractivity contribution is 0.711. The second-order valence-electron chi connectivity index (χ2n) is 5.21. The maximum Gasteiger partial charge on any atom is 0.0486 e. The number of rotatable bonds is 6. The maximum absolute atomic E-state index is 4.12. The summed E-state index contributed by atoms with van der Waals surface area (Å²) in [6, 6.07) is 1.22. The molecule has 0 nitrogen and oxygen atoms in total. The molecular weight excluding hydrogens is 299 g/mol. The SMILES string of the molecule is C=C(/C=C/[C@H](C)CCI)C[Si](C)(C)C. The van der Waals surface area contributed by atoms with Crippen molar-refractivity contribution in [1.29, 1.82) is 0 Å². The van der Waals surface area contributed by atoms with Gasteiger partial charge in [0.1, 0.15) is 0 Å². The van der Waals surface area contributed by atoms with E-state index in [9.17, 15) is 0 Å². The number of hydrogen-bond donors (Lipinski definition) is 0. The van der Waals surface area contributed by atoms with Crippen molar-refractivity contribution in [3.63, 3.8) is 0 Å². The third-order valence-electron chi connectivity index (χ3n) is 1.98. The van der Waals surface area contributed by atoms with Crippen LogP contribution in [0, 0.1) is 5.92 Å². The molecule has 0 rings (SSSR count). The molecule has 0 saturated carbocycles. The van der Waals surface area contributed by atoms with E-state index >= 15 is 0 Å². The van der Waals surface area contributed by atoms with Crippen molar-refractivity contribution >= 4 is 30.7 Å². The fourth-order valence-electron chi connectivity index (χ4n) is 1.31. The van der Waals surface area contributed by atoms with Crippen LogP contribution in [0.5, 0.6) is 0 Å². The fourth-order valence-corrected chi connectivity index (χ4v) is 3.77. The van der Waals surface area contributed by atoms with Crippen LogP contribution in [0.2, 0.25) is 25.7 Å². The normalized spacial score (nSPS) is 14.6. The highest BCUT2D eigenvalue weighted by Gasteiger charge is 2.12. The summed E-state index contributed by atoms with van der Waals surface area (Å²) in [6.45, 7) is 13.6. The molecule has 0 amide bonds. The Bertz CT molecular complexity index is 201. The summed E-state index contributed by atoms with van der Waals surface area (Å²) < 4.78 is 1.24. The van der Waals surface area contributed by atoms with E-state index in [4.69, 9.17) is 0 Å². The van der Waals surface area contributed by atoms with Crippen LogP contribution in [0.4, 0.5) is 0 Å². The van der Waals surface area contributed by atoms with Crippen LogP contribution in [0.15, 0.2) is 24.3 Å². The van der Waals surface area contributed by atoms with E-state index in [0.717, 1.165) is 0 Å². The van der Waals surface area contributed by atoms with Gasteiger partial charge < -0.3 is 0 Å². The topological polar surface area (TPSA) is 0 Å². The van der Waals surface area contributed by atoms with E-state index in [1.165, 1.54) is 22.5 Å². The van der Waals surface area contributed by atoms with Crippen LogP contribution >= 0.6 is 22.6 Å². The molecule has 0 fully saturated rings. The van der Waals surface area contributed by atoms with Crippen LogP contribution in [0.1, 0.15) is 13.3 Å². The molecule has 2 heteroatoms. The molecule has 0 spiro atoms. The van der Waals surface area contributed by atoms with Gasteiger partial charge in [0.25, 0.3) is 0 Å². The lowest BCUT2D eigenvalue weighted by Gasteiger charge is -2.15. The molecule has 0 aliphatic carbocycles. The Morgan fingerprint density at radius 3 is 2.43 bits per heavy atom. The van der Waals surface area contributed by atoms with Crippen LogP contribution in [0.25, 0.3) is 0 Å². The van der Waals surface area contributed by atoms with Crippen LogP contribution in [0.3, 0.4) is 0 Å². The number of halogens is 1. The lowest BCUT2D eigenvalue weighted by Crippen LogP contribution is -2.19. The summed E-state index contributed by atoms with van der Waals surface area (Å²) in [4.78, 5) is 0. The number of alkyl halides is 1. The first-order valence-electron chi connectivity index (χ1n) is 5.27. The molecule has 0 N–H and O–H groups in total. The van der Waals surface area contributed by atoms with Crippen molar-refractivity contribution in [2.45, 2.75) is 39.0 Å². The molecule has 0 bridgehead atoms. The summed E-state index contributed by atoms with van der Waals surface area (Å²) in [7, 11) is -0.963. The molecule has 1 atom stereocenters. The van der Waals surface area contributed by atoms with Crippen molar-refractivity contribution in [3.8, 4) is 0 Å². The standard InChI is InChI=1S/C12H23ISi/c1-11(8-9-13)6-7-12(2)10-14(3,4)5/h6-7,11H,2,8-10H2,1,3-5H3/b7-6+/t11-/m0/s1. The highest BCUT2D eigenvalue weighted by Crippen LogP contribution is 2.17. The Morgan fingerprint density at radius 1 is 1.43 bits per heavy atom. The van der Waals surface area contributed by atoms with Crippen LogP contribution < -0.4 is 0 Å². The summed E-state index contributed by atoms with van der Waals surface area (Å²) in [5.74, 6) is 0.699. The van der Waals surface area contributed by atoms with Gasteiger partial charge in [0.05, 0.1) is 0 Å². The highest BCUT2D eigenvalue weighted by atomic mass is 127.